The topological polar surface area (TPSA) is 88.8 Å². The third-order valence-corrected chi connectivity index (χ3v) is 2.64. The number of oxazole rings is 1. The number of ether oxygens (including phenoxy) is 1. The number of nitrogens with zero attached hydrogens (tertiary/aromatic N) is 2. The van der Waals surface area contributed by atoms with Crippen molar-refractivity contribution >= 4 is 11.9 Å². The molecule has 0 fully saturated rings. The number of hydrogen-bond donors (Lipinski definition) is 2. The van der Waals surface area contributed by atoms with Crippen molar-refractivity contribution in [2.24, 2.45) is 4.99 Å². The Balaban J connectivity index is 2.51. The first-order valence-corrected chi connectivity index (χ1v) is 6.58. The van der Waals surface area contributed by atoms with Gasteiger partial charge in [-0.25, -0.2) is 9.98 Å². The van der Waals surface area contributed by atoms with Gasteiger partial charge in [0.15, 0.2) is 5.96 Å². The van der Waals surface area contributed by atoms with Gasteiger partial charge in [0.05, 0.1) is 19.2 Å². The molecule has 0 aliphatic carbocycles. The molecule has 0 aliphatic rings. The summed E-state index contributed by atoms with van der Waals surface area (Å²) in [4.78, 5) is 19.6. The molecule has 0 unspecified atom stereocenters. The molecular weight excluding hydrogens is 260 g/mol. The molecule has 2 N–H and O–H groups in total. The van der Waals surface area contributed by atoms with Gasteiger partial charge in [0, 0.05) is 13.1 Å². The summed E-state index contributed by atoms with van der Waals surface area (Å²) in [5, 5.41) is 6.13. The van der Waals surface area contributed by atoms with Crippen LogP contribution >= 0.6 is 0 Å². The minimum Gasteiger partial charge on any atom is -0.469 e. The van der Waals surface area contributed by atoms with E-state index in [1.807, 2.05) is 20.8 Å². The molecule has 0 aromatic carbocycles. The number of hydrogen-bond acceptors (Lipinski definition) is 5. The number of aliphatic imine (C=N–C) groups is 1. The Morgan fingerprint density at radius 2 is 2.15 bits per heavy atom. The molecule has 7 nitrogen and oxygen atoms in total. The smallest absolute Gasteiger partial charge is 0.307 e. The summed E-state index contributed by atoms with van der Waals surface area (Å²) in [5.74, 6) is 1.74. The first kappa shape index (κ1) is 16.0. The molecule has 1 aromatic heterocycles. The summed E-state index contributed by atoms with van der Waals surface area (Å²) in [6.45, 7) is 7.27. The predicted molar refractivity (Wildman–Crippen MR) is 75.4 cm³/mol. The Hall–Kier alpha value is -2.05. The maximum Gasteiger partial charge on any atom is 0.307 e. The van der Waals surface area contributed by atoms with Crippen LogP contribution in [-0.2, 0) is 16.1 Å². The summed E-state index contributed by atoms with van der Waals surface area (Å²) in [6.07, 6.45) is 0.290. The van der Waals surface area contributed by atoms with Gasteiger partial charge >= 0.3 is 5.97 Å². The lowest BCUT2D eigenvalue weighted by molar-refractivity contribution is -0.140. The molecule has 0 radical (unpaired) electrons. The van der Waals surface area contributed by atoms with E-state index in [-0.39, 0.29) is 12.4 Å². The highest BCUT2D eigenvalue weighted by Gasteiger charge is 2.06. The van der Waals surface area contributed by atoms with Crippen molar-refractivity contribution < 1.29 is 13.9 Å². The maximum atomic E-state index is 11.0. The van der Waals surface area contributed by atoms with E-state index < -0.39 is 0 Å². The van der Waals surface area contributed by atoms with Gasteiger partial charge in [-0.2, -0.15) is 0 Å². The lowest BCUT2D eigenvalue weighted by Gasteiger charge is -2.09. The van der Waals surface area contributed by atoms with Crippen LogP contribution in [0.2, 0.25) is 0 Å². The van der Waals surface area contributed by atoms with Crippen molar-refractivity contribution in [2.45, 2.75) is 33.7 Å². The number of aromatic nitrogens is 1. The van der Waals surface area contributed by atoms with E-state index in [0.717, 1.165) is 18.0 Å². The Morgan fingerprint density at radius 3 is 2.70 bits per heavy atom. The van der Waals surface area contributed by atoms with Gasteiger partial charge in [-0.1, -0.05) is 0 Å². The number of nitrogens with one attached hydrogen (secondary N) is 2. The van der Waals surface area contributed by atoms with Crippen molar-refractivity contribution in [3.8, 4) is 0 Å². The number of carbonyl (C=O) groups is 1. The van der Waals surface area contributed by atoms with E-state index >= 15 is 0 Å². The van der Waals surface area contributed by atoms with Gasteiger partial charge in [-0.3, -0.25) is 4.79 Å². The molecule has 1 rings (SSSR count). The molecule has 112 valence electrons. The maximum absolute atomic E-state index is 11.0. The second-order valence-electron chi connectivity index (χ2n) is 4.20. The van der Waals surface area contributed by atoms with E-state index in [4.69, 9.17) is 4.42 Å². The number of aryl methyl sites for hydroxylation is 2. The highest BCUT2D eigenvalue weighted by molar-refractivity contribution is 5.80. The van der Waals surface area contributed by atoms with Gasteiger partial charge in [0.2, 0.25) is 5.89 Å². The normalized spacial score (nSPS) is 11.3. The molecule has 0 saturated carbocycles. The highest BCUT2D eigenvalue weighted by Crippen LogP contribution is 2.08. The third-order valence-electron chi connectivity index (χ3n) is 2.64. The molecule has 0 spiro atoms. The van der Waals surface area contributed by atoms with E-state index in [0.29, 0.717) is 24.9 Å². The number of carbonyl (C=O) groups excluding carboxylic acids is 1. The Morgan fingerprint density at radius 1 is 1.40 bits per heavy atom. The molecule has 0 amide bonds. The fraction of sp³-hybridized carbons (Fsp3) is 0.615. The molecule has 7 heteroatoms. The summed E-state index contributed by atoms with van der Waals surface area (Å²) in [5.41, 5.74) is 0.874. The van der Waals surface area contributed by atoms with Crippen LogP contribution in [0.15, 0.2) is 9.41 Å². The average Bonchev–Trinajstić information content (AvgIpc) is 2.75. The van der Waals surface area contributed by atoms with Gasteiger partial charge in [0.25, 0.3) is 0 Å². The second-order valence-corrected chi connectivity index (χ2v) is 4.20. The SMILES string of the molecule is CCNC(=NCc1nc(C)c(C)o1)NCCC(=O)OC. The largest absolute Gasteiger partial charge is 0.469 e. The van der Waals surface area contributed by atoms with Crippen molar-refractivity contribution in [1.29, 1.82) is 0 Å². The average molecular weight is 282 g/mol. The Kier molecular flexibility index (Phi) is 6.55. The van der Waals surface area contributed by atoms with Crippen molar-refractivity contribution in [3.63, 3.8) is 0 Å². The van der Waals surface area contributed by atoms with Crippen LogP contribution in [0.5, 0.6) is 0 Å². The van der Waals surface area contributed by atoms with Gasteiger partial charge in [0.1, 0.15) is 12.3 Å². The number of guanidine groups is 1. The second kappa shape index (κ2) is 8.19. The van der Waals surface area contributed by atoms with Crippen LogP contribution in [-0.4, -0.2) is 37.1 Å². The minimum absolute atomic E-state index is 0.257. The first-order valence-electron chi connectivity index (χ1n) is 6.58. The number of methoxy groups -OCH3 is 1. The summed E-state index contributed by atoms with van der Waals surface area (Å²) < 4.78 is 10.0. The predicted octanol–water partition coefficient (Wildman–Crippen LogP) is 0.910. The molecular formula is C13H22N4O3. The number of rotatable bonds is 6. The minimum atomic E-state index is -0.257. The van der Waals surface area contributed by atoms with E-state index in [2.05, 4.69) is 25.3 Å². The van der Waals surface area contributed by atoms with Gasteiger partial charge in [-0.05, 0) is 20.8 Å². The van der Waals surface area contributed by atoms with Crippen LogP contribution < -0.4 is 10.6 Å². The first-order chi connectivity index (χ1) is 9.56. The zero-order valence-corrected chi connectivity index (χ0v) is 12.4. The third kappa shape index (κ3) is 5.29. The molecule has 0 saturated heterocycles. The fourth-order valence-corrected chi connectivity index (χ4v) is 1.48. The molecule has 1 aromatic rings. The number of esters is 1. The zero-order chi connectivity index (χ0) is 15.0. The standard InChI is InChI=1S/C13H22N4O3/c1-5-14-13(15-7-6-12(18)19-4)16-8-11-17-9(2)10(3)20-11/h5-8H2,1-4H3,(H2,14,15,16). The molecule has 0 atom stereocenters. The lowest BCUT2D eigenvalue weighted by atomic mass is 10.4. The molecule has 1 heterocycles. The summed E-state index contributed by atoms with van der Waals surface area (Å²) >= 11 is 0. The Labute approximate surface area is 118 Å². The van der Waals surface area contributed by atoms with Crippen LogP contribution in [0.1, 0.15) is 30.7 Å². The lowest BCUT2D eigenvalue weighted by Crippen LogP contribution is -2.38. The zero-order valence-electron chi connectivity index (χ0n) is 12.4. The van der Waals surface area contributed by atoms with Crippen molar-refractivity contribution in [2.75, 3.05) is 20.2 Å². The van der Waals surface area contributed by atoms with Crippen LogP contribution in [0.3, 0.4) is 0 Å². The van der Waals surface area contributed by atoms with Crippen molar-refractivity contribution in [1.82, 2.24) is 15.6 Å². The van der Waals surface area contributed by atoms with E-state index in [1.165, 1.54) is 7.11 Å². The molecule has 0 bridgehead atoms. The highest BCUT2D eigenvalue weighted by atomic mass is 16.5. The molecule has 20 heavy (non-hydrogen) atoms. The fourth-order valence-electron chi connectivity index (χ4n) is 1.48. The monoisotopic (exact) mass is 282 g/mol. The molecule has 0 aliphatic heterocycles. The summed E-state index contributed by atoms with van der Waals surface area (Å²) in [7, 11) is 1.37. The van der Waals surface area contributed by atoms with E-state index in [1.54, 1.807) is 0 Å². The van der Waals surface area contributed by atoms with Crippen LogP contribution in [0, 0.1) is 13.8 Å². The van der Waals surface area contributed by atoms with Crippen molar-refractivity contribution in [3.05, 3.63) is 17.3 Å². The van der Waals surface area contributed by atoms with Crippen LogP contribution in [0.4, 0.5) is 0 Å². The quantitative estimate of drug-likeness (QED) is 0.458. The van der Waals surface area contributed by atoms with Crippen LogP contribution in [0.25, 0.3) is 0 Å². The summed E-state index contributed by atoms with van der Waals surface area (Å²) in [6, 6.07) is 0. The van der Waals surface area contributed by atoms with Gasteiger partial charge in [-0.15, -0.1) is 0 Å². The Bertz CT molecular complexity index is 449. The van der Waals surface area contributed by atoms with Gasteiger partial charge < -0.3 is 19.8 Å². The van der Waals surface area contributed by atoms with E-state index in [9.17, 15) is 4.79 Å².